The summed E-state index contributed by atoms with van der Waals surface area (Å²) in [6.07, 6.45) is 6.77. The van der Waals surface area contributed by atoms with Crippen LogP contribution in [0.1, 0.15) is 26.5 Å². The number of thiazole rings is 1. The van der Waals surface area contributed by atoms with Gasteiger partial charge in [0.15, 0.2) is 9.84 Å². The summed E-state index contributed by atoms with van der Waals surface area (Å²) >= 11 is 1.52. The topological polar surface area (TPSA) is 89.5 Å². The third-order valence-corrected chi connectivity index (χ3v) is 8.95. The average molecular weight is 582 g/mol. The van der Waals surface area contributed by atoms with Crippen LogP contribution in [0.15, 0.2) is 95.5 Å². The van der Waals surface area contributed by atoms with E-state index >= 15 is 0 Å². The number of aromatic nitrogens is 2. The van der Waals surface area contributed by atoms with E-state index in [-0.39, 0.29) is 10.8 Å². The lowest BCUT2D eigenvalue weighted by atomic mass is 9.96. The van der Waals surface area contributed by atoms with Crippen LogP contribution in [0.2, 0.25) is 0 Å². The number of benzene rings is 3. The summed E-state index contributed by atoms with van der Waals surface area (Å²) in [4.78, 5) is 24.7. The zero-order valence-electron chi connectivity index (χ0n) is 22.4. The predicted molar refractivity (Wildman–Crippen MR) is 163 cm³/mol. The van der Waals surface area contributed by atoms with Gasteiger partial charge in [0.2, 0.25) is 0 Å². The van der Waals surface area contributed by atoms with E-state index in [0.717, 1.165) is 43.7 Å². The van der Waals surface area contributed by atoms with Crippen LogP contribution in [-0.2, 0) is 14.6 Å². The van der Waals surface area contributed by atoms with Crippen LogP contribution in [-0.4, -0.2) is 61.8 Å². The Kier molecular flexibility index (Phi) is 7.49. The molecule has 3 heterocycles. The summed E-state index contributed by atoms with van der Waals surface area (Å²) in [5.41, 5.74) is 5.95. The molecule has 0 bridgehead atoms. The van der Waals surface area contributed by atoms with Gasteiger partial charge in [0.25, 0.3) is 5.91 Å². The van der Waals surface area contributed by atoms with Gasteiger partial charge in [-0.15, -0.1) is 11.3 Å². The summed E-state index contributed by atoms with van der Waals surface area (Å²) in [7, 11) is -3.30. The van der Waals surface area contributed by atoms with Crippen molar-refractivity contribution >= 4 is 49.6 Å². The average Bonchev–Trinajstić information content (AvgIpc) is 3.54. The first-order chi connectivity index (χ1) is 19.9. The van der Waals surface area contributed by atoms with Crippen LogP contribution in [0.4, 0.5) is 0 Å². The maximum atomic E-state index is 13.4. The highest BCUT2D eigenvalue weighted by Crippen LogP contribution is 2.33. The van der Waals surface area contributed by atoms with Crippen LogP contribution < -0.4 is 0 Å². The zero-order chi connectivity index (χ0) is 28.4. The van der Waals surface area contributed by atoms with Gasteiger partial charge in [0.1, 0.15) is 5.01 Å². The predicted octanol–water partition coefficient (Wildman–Crippen LogP) is 5.82. The van der Waals surface area contributed by atoms with Gasteiger partial charge >= 0.3 is 0 Å². The van der Waals surface area contributed by atoms with Crippen LogP contribution in [0.5, 0.6) is 0 Å². The van der Waals surface area contributed by atoms with Gasteiger partial charge in [0, 0.05) is 59.2 Å². The highest BCUT2D eigenvalue weighted by Gasteiger charge is 2.21. The summed E-state index contributed by atoms with van der Waals surface area (Å²) < 4.78 is 29.4. The second-order valence-electron chi connectivity index (χ2n) is 9.82. The van der Waals surface area contributed by atoms with Crippen LogP contribution in [0.25, 0.3) is 33.7 Å². The molecule has 41 heavy (non-hydrogen) atoms. The standard InChI is InChI=1S/C32H27N3O4S2/c1-41(37,38)27-9-7-23(8-10-27)29(31-34-12-17-40-31)19-22-4-2-5-24(18-22)28-21-26(20-25-6-3-11-33-30(25)28)32(36)35-13-15-39-16-14-35/h2-12,17-21H,13-16H2,1H3. The van der Waals surface area contributed by atoms with Crippen LogP contribution >= 0.6 is 11.3 Å². The number of carbonyl (C=O) groups excluding carboxylic acids is 1. The lowest BCUT2D eigenvalue weighted by Gasteiger charge is -2.27. The number of nitrogens with zero attached hydrogens (tertiary/aromatic N) is 3. The Morgan fingerprint density at radius 3 is 2.46 bits per heavy atom. The van der Waals surface area contributed by atoms with Gasteiger partial charge < -0.3 is 9.64 Å². The highest BCUT2D eigenvalue weighted by molar-refractivity contribution is 7.90. The van der Waals surface area contributed by atoms with E-state index < -0.39 is 9.84 Å². The van der Waals surface area contributed by atoms with Crippen molar-refractivity contribution in [3.8, 4) is 11.1 Å². The quantitative estimate of drug-likeness (QED) is 0.235. The van der Waals surface area contributed by atoms with Crippen LogP contribution in [0.3, 0.4) is 0 Å². The van der Waals surface area contributed by atoms with Crippen molar-refractivity contribution in [2.45, 2.75) is 4.90 Å². The number of hydrogen-bond acceptors (Lipinski definition) is 7. The third kappa shape index (κ3) is 5.83. The number of rotatable bonds is 6. The minimum Gasteiger partial charge on any atom is -0.378 e. The lowest BCUT2D eigenvalue weighted by molar-refractivity contribution is 0.0303. The first kappa shape index (κ1) is 27.0. The first-order valence-electron chi connectivity index (χ1n) is 13.2. The van der Waals surface area contributed by atoms with Gasteiger partial charge in [-0.05, 0) is 59.2 Å². The van der Waals surface area contributed by atoms with Gasteiger partial charge in [-0.1, -0.05) is 36.4 Å². The molecule has 5 aromatic rings. The molecule has 1 saturated heterocycles. The van der Waals surface area contributed by atoms with Gasteiger partial charge in [-0.3, -0.25) is 9.78 Å². The van der Waals surface area contributed by atoms with Crippen molar-refractivity contribution in [1.82, 2.24) is 14.9 Å². The van der Waals surface area contributed by atoms with E-state index in [0.29, 0.717) is 31.9 Å². The Balaban J connectivity index is 1.43. The molecule has 0 atom stereocenters. The number of ether oxygens (including phenoxy) is 1. The number of pyridine rings is 1. The smallest absolute Gasteiger partial charge is 0.254 e. The molecule has 1 aliphatic rings. The number of amides is 1. The molecule has 1 amide bonds. The molecule has 206 valence electrons. The van der Waals surface area contributed by atoms with Crippen molar-refractivity contribution in [3.05, 3.63) is 112 Å². The molecule has 7 nitrogen and oxygen atoms in total. The fourth-order valence-corrected chi connectivity index (χ4v) is 6.26. The normalized spacial score (nSPS) is 14.4. The summed E-state index contributed by atoms with van der Waals surface area (Å²) in [6, 6.07) is 22.7. The number of morpholine rings is 1. The van der Waals surface area contributed by atoms with Crippen molar-refractivity contribution in [2.75, 3.05) is 32.6 Å². The molecular weight excluding hydrogens is 555 g/mol. The highest BCUT2D eigenvalue weighted by atomic mass is 32.2. The summed E-state index contributed by atoms with van der Waals surface area (Å²) in [6.45, 7) is 2.23. The molecule has 0 spiro atoms. The fraction of sp³-hybridized carbons (Fsp3) is 0.156. The number of carbonyl (C=O) groups is 1. The third-order valence-electron chi connectivity index (χ3n) is 7.01. The van der Waals surface area contributed by atoms with Gasteiger partial charge in [-0.2, -0.15) is 0 Å². The second-order valence-corrected chi connectivity index (χ2v) is 12.7. The monoisotopic (exact) mass is 581 g/mol. The molecule has 0 saturated carbocycles. The Hall–Kier alpha value is -4.18. The van der Waals surface area contributed by atoms with E-state index in [4.69, 9.17) is 4.74 Å². The minimum atomic E-state index is -3.30. The van der Waals surface area contributed by atoms with E-state index in [9.17, 15) is 13.2 Å². The minimum absolute atomic E-state index is 0.0139. The first-order valence-corrected chi connectivity index (χ1v) is 15.9. The van der Waals surface area contributed by atoms with E-state index in [1.165, 1.54) is 17.6 Å². The zero-order valence-corrected chi connectivity index (χ0v) is 24.0. The second kappa shape index (κ2) is 11.4. The van der Waals surface area contributed by atoms with E-state index in [1.807, 2.05) is 64.9 Å². The van der Waals surface area contributed by atoms with E-state index in [1.54, 1.807) is 24.5 Å². The Morgan fingerprint density at radius 2 is 1.73 bits per heavy atom. The molecule has 2 aromatic heterocycles. The number of hydrogen-bond donors (Lipinski definition) is 0. The summed E-state index contributed by atoms with van der Waals surface area (Å²) in [5, 5.41) is 3.64. The summed E-state index contributed by atoms with van der Waals surface area (Å²) in [5.74, 6) is -0.0139. The fourth-order valence-electron chi connectivity index (χ4n) is 4.95. The molecule has 1 aliphatic heterocycles. The molecular formula is C32H27N3O4S2. The van der Waals surface area contributed by atoms with Crippen LogP contribution in [0, 0.1) is 0 Å². The SMILES string of the molecule is CS(=O)(=O)c1ccc(C(=Cc2cccc(-c3cc(C(=O)N4CCOCC4)cc4cccnc34)c2)c2nccs2)cc1. The van der Waals surface area contributed by atoms with Crippen molar-refractivity contribution in [3.63, 3.8) is 0 Å². The molecule has 3 aromatic carbocycles. The largest absolute Gasteiger partial charge is 0.378 e. The van der Waals surface area contributed by atoms with Gasteiger partial charge in [0.05, 0.1) is 23.6 Å². The molecule has 0 aliphatic carbocycles. The molecule has 1 fully saturated rings. The number of sulfone groups is 1. The molecule has 9 heteroatoms. The number of fused-ring (bicyclic) bond motifs is 1. The maximum absolute atomic E-state index is 13.4. The van der Waals surface area contributed by atoms with Crippen molar-refractivity contribution in [2.24, 2.45) is 0 Å². The maximum Gasteiger partial charge on any atom is 0.254 e. The Labute approximate surface area is 242 Å². The van der Waals surface area contributed by atoms with Gasteiger partial charge in [-0.25, -0.2) is 13.4 Å². The molecule has 0 radical (unpaired) electrons. The van der Waals surface area contributed by atoms with E-state index in [2.05, 4.69) is 22.1 Å². The molecule has 0 unspecified atom stereocenters. The Bertz CT molecular complexity index is 1860. The Morgan fingerprint density at radius 1 is 0.927 bits per heavy atom. The van der Waals surface area contributed by atoms with Crippen molar-refractivity contribution in [1.29, 1.82) is 0 Å². The van der Waals surface area contributed by atoms with Crippen molar-refractivity contribution < 1.29 is 17.9 Å². The lowest BCUT2D eigenvalue weighted by Crippen LogP contribution is -2.40. The molecule has 0 N–H and O–H groups in total. The molecule has 6 rings (SSSR count).